The van der Waals surface area contributed by atoms with E-state index in [0.717, 1.165) is 12.1 Å². The number of thioether (sulfide) groups is 1. The van der Waals surface area contributed by atoms with Crippen LogP contribution in [0.2, 0.25) is 0 Å². The van der Waals surface area contributed by atoms with Gasteiger partial charge >= 0.3 is 0 Å². The van der Waals surface area contributed by atoms with Crippen molar-refractivity contribution in [3.63, 3.8) is 0 Å². The van der Waals surface area contributed by atoms with E-state index in [4.69, 9.17) is 5.26 Å². The highest BCUT2D eigenvalue weighted by Gasteiger charge is 2.11. The average molecular weight is 270 g/mol. The summed E-state index contributed by atoms with van der Waals surface area (Å²) in [4.78, 5) is 11.4. The van der Waals surface area contributed by atoms with Crippen LogP contribution >= 0.6 is 11.8 Å². The number of carbonyl (C=O) groups is 1. The third-order valence-electron chi connectivity index (χ3n) is 2.22. The number of rotatable bonds is 5. The summed E-state index contributed by atoms with van der Waals surface area (Å²) in [5.41, 5.74) is 0.493. The number of hydrogen-bond acceptors (Lipinski definition) is 3. The number of nitriles is 1. The van der Waals surface area contributed by atoms with Crippen LogP contribution in [0.25, 0.3) is 0 Å². The number of hydrogen-bond donors (Lipinski definition) is 1. The Morgan fingerprint density at radius 1 is 1.50 bits per heavy atom. The van der Waals surface area contributed by atoms with E-state index in [0.29, 0.717) is 5.56 Å². The van der Waals surface area contributed by atoms with Crippen molar-refractivity contribution < 1.29 is 13.6 Å². The Hall–Kier alpha value is -1.61. The van der Waals surface area contributed by atoms with Crippen LogP contribution in [0.1, 0.15) is 18.5 Å². The van der Waals surface area contributed by atoms with E-state index in [2.05, 4.69) is 5.32 Å². The van der Waals surface area contributed by atoms with E-state index in [9.17, 15) is 13.6 Å². The standard InChI is InChI=1S/C12H12F2N2OS/c1-8(16-12(17)7-18-5-4-15)9-2-3-10(13)11(14)6-9/h2-3,6,8H,5,7H2,1H3,(H,16,17)/t8-/m0/s1. The number of nitrogens with zero attached hydrogens (tertiary/aromatic N) is 1. The van der Waals surface area contributed by atoms with Gasteiger partial charge in [0.15, 0.2) is 11.6 Å². The van der Waals surface area contributed by atoms with E-state index in [-0.39, 0.29) is 17.4 Å². The molecule has 6 heteroatoms. The Labute approximate surface area is 108 Å². The highest BCUT2D eigenvalue weighted by atomic mass is 32.2. The molecule has 0 aliphatic carbocycles. The summed E-state index contributed by atoms with van der Waals surface area (Å²) in [6.07, 6.45) is 0. The summed E-state index contributed by atoms with van der Waals surface area (Å²) < 4.78 is 25.7. The zero-order valence-electron chi connectivity index (χ0n) is 9.74. The van der Waals surface area contributed by atoms with Crippen LogP contribution in [0, 0.1) is 23.0 Å². The first-order valence-electron chi connectivity index (χ1n) is 5.23. The average Bonchev–Trinajstić information content (AvgIpc) is 2.33. The zero-order valence-corrected chi connectivity index (χ0v) is 10.6. The SMILES string of the molecule is C[C@H](NC(=O)CSCC#N)c1ccc(F)c(F)c1. The van der Waals surface area contributed by atoms with E-state index >= 15 is 0 Å². The first kappa shape index (κ1) is 14.5. The van der Waals surface area contributed by atoms with Gasteiger partial charge in [-0.2, -0.15) is 5.26 Å². The van der Waals surface area contributed by atoms with Gasteiger partial charge in [0.1, 0.15) is 0 Å². The van der Waals surface area contributed by atoms with Crippen LogP contribution in [-0.2, 0) is 4.79 Å². The van der Waals surface area contributed by atoms with Gasteiger partial charge in [0.2, 0.25) is 5.91 Å². The number of nitrogens with one attached hydrogen (secondary N) is 1. The predicted molar refractivity (Wildman–Crippen MR) is 65.9 cm³/mol. The van der Waals surface area contributed by atoms with Crippen molar-refractivity contribution in [2.24, 2.45) is 0 Å². The largest absolute Gasteiger partial charge is 0.349 e. The fourth-order valence-electron chi connectivity index (χ4n) is 1.34. The Kier molecular flexibility index (Phi) is 5.59. The van der Waals surface area contributed by atoms with E-state index in [1.165, 1.54) is 17.8 Å². The Bertz CT molecular complexity index is 474. The van der Waals surface area contributed by atoms with Crippen molar-refractivity contribution in [3.05, 3.63) is 35.4 Å². The lowest BCUT2D eigenvalue weighted by atomic mass is 10.1. The molecule has 1 N–H and O–H groups in total. The quantitative estimate of drug-likeness (QED) is 0.836. The van der Waals surface area contributed by atoms with Crippen LogP contribution in [-0.4, -0.2) is 17.4 Å². The predicted octanol–water partition coefficient (Wildman–Crippen LogP) is 2.40. The number of carbonyl (C=O) groups excluding carboxylic acids is 1. The van der Waals surface area contributed by atoms with Crippen LogP contribution in [0.5, 0.6) is 0 Å². The van der Waals surface area contributed by atoms with Gasteiger partial charge in [-0.05, 0) is 24.6 Å². The number of amides is 1. The minimum absolute atomic E-state index is 0.168. The smallest absolute Gasteiger partial charge is 0.230 e. The van der Waals surface area contributed by atoms with Crippen LogP contribution < -0.4 is 5.32 Å². The van der Waals surface area contributed by atoms with Crippen molar-refractivity contribution in [2.75, 3.05) is 11.5 Å². The maximum absolute atomic E-state index is 13.0. The van der Waals surface area contributed by atoms with Gasteiger partial charge in [-0.1, -0.05) is 6.07 Å². The van der Waals surface area contributed by atoms with Gasteiger partial charge in [0, 0.05) is 0 Å². The maximum Gasteiger partial charge on any atom is 0.230 e. The van der Waals surface area contributed by atoms with Crippen molar-refractivity contribution >= 4 is 17.7 Å². The third kappa shape index (κ3) is 4.34. The zero-order chi connectivity index (χ0) is 13.5. The fourth-order valence-corrected chi connectivity index (χ4v) is 1.80. The molecule has 0 heterocycles. The molecule has 0 bridgehead atoms. The highest BCUT2D eigenvalue weighted by Crippen LogP contribution is 2.16. The lowest BCUT2D eigenvalue weighted by Crippen LogP contribution is -2.28. The topological polar surface area (TPSA) is 52.9 Å². The van der Waals surface area contributed by atoms with Crippen molar-refractivity contribution in [2.45, 2.75) is 13.0 Å². The molecule has 96 valence electrons. The molecule has 0 radical (unpaired) electrons. The van der Waals surface area contributed by atoms with Crippen molar-refractivity contribution in [3.8, 4) is 6.07 Å². The summed E-state index contributed by atoms with van der Waals surface area (Å²) in [6, 6.07) is 5.01. The van der Waals surface area contributed by atoms with Crippen molar-refractivity contribution in [1.29, 1.82) is 5.26 Å². The van der Waals surface area contributed by atoms with E-state index < -0.39 is 17.7 Å². The molecule has 1 aromatic carbocycles. The molecule has 0 aliphatic heterocycles. The van der Waals surface area contributed by atoms with E-state index in [1.807, 2.05) is 6.07 Å². The second-order valence-corrected chi connectivity index (χ2v) is 4.60. The Morgan fingerprint density at radius 2 is 2.22 bits per heavy atom. The molecule has 1 rings (SSSR count). The molecule has 0 saturated carbocycles. The number of benzene rings is 1. The molecule has 1 amide bonds. The van der Waals surface area contributed by atoms with Crippen LogP contribution in [0.4, 0.5) is 8.78 Å². The highest BCUT2D eigenvalue weighted by molar-refractivity contribution is 8.00. The molecule has 0 aromatic heterocycles. The monoisotopic (exact) mass is 270 g/mol. The molecule has 0 saturated heterocycles. The van der Waals surface area contributed by atoms with Gasteiger partial charge < -0.3 is 5.32 Å². The van der Waals surface area contributed by atoms with Crippen LogP contribution in [0.15, 0.2) is 18.2 Å². The minimum Gasteiger partial charge on any atom is -0.349 e. The Morgan fingerprint density at radius 3 is 2.83 bits per heavy atom. The van der Waals surface area contributed by atoms with Gasteiger partial charge in [0.25, 0.3) is 0 Å². The lowest BCUT2D eigenvalue weighted by Gasteiger charge is -2.14. The summed E-state index contributed by atoms with van der Waals surface area (Å²) in [7, 11) is 0. The van der Waals surface area contributed by atoms with Gasteiger partial charge in [-0.3, -0.25) is 4.79 Å². The summed E-state index contributed by atoms with van der Waals surface area (Å²) in [6.45, 7) is 1.68. The summed E-state index contributed by atoms with van der Waals surface area (Å²) in [5, 5.41) is 11.0. The fraction of sp³-hybridized carbons (Fsp3) is 0.333. The molecule has 1 atom stereocenters. The Balaban J connectivity index is 2.54. The molecule has 0 unspecified atom stereocenters. The van der Waals surface area contributed by atoms with Gasteiger partial charge in [-0.25, -0.2) is 8.78 Å². The molecule has 18 heavy (non-hydrogen) atoms. The number of halogens is 2. The summed E-state index contributed by atoms with van der Waals surface area (Å²) in [5.74, 6) is -1.68. The first-order valence-corrected chi connectivity index (χ1v) is 6.39. The van der Waals surface area contributed by atoms with Gasteiger partial charge in [-0.15, -0.1) is 11.8 Å². The van der Waals surface area contributed by atoms with Crippen LogP contribution in [0.3, 0.4) is 0 Å². The third-order valence-corrected chi connectivity index (χ3v) is 3.02. The molecule has 0 aliphatic rings. The minimum atomic E-state index is -0.938. The van der Waals surface area contributed by atoms with E-state index in [1.54, 1.807) is 6.92 Å². The maximum atomic E-state index is 13.0. The molecule has 0 fully saturated rings. The molecule has 0 spiro atoms. The summed E-state index contributed by atoms with van der Waals surface area (Å²) >= 11 is 1.20. The first-order chi connectivity index (χ1) is 8.54. The molecule has 3 nitrogen and oxygen atoms in total. The molecular weight excluding hydrogens is 258 g/mol. The molecule has 1 aromatic rings. The molecular formula is C12H12F2N2OS. The normalized spacial score (nSPS) is 11.7. The second kappa shape index (κ2) is 6.97. The second-order valence-electron chi connectivity index (χ2n) is 3.61. The lowest BCUT2D eigenvalue weighted by molar-refractivity contribution is -0.119. The van der Waals surface area contributed by atoms with Gasteiger partial charge in [0.05, 0.1) is 23.6 Å². The van der Waals surface area contributed by atoms with Crippen molar-refractivity contribution in [1.82, 2.24) is 5.32 Å².